The van der Waals surface area contributed by atoms with E-state index < -0.39 is 17.9 Å². The second kappa shape index (κ2) is 15.0. The average Bonchev–Trinajstić information content (AvgIpc) is 2.57. The molecule has 8 nitrogen and oxygen atoms in total. The third-order valence-corrected chi connectivity index (χ3v) is 3.45. The minimum atomic E-state index is -1.04. The van der Waals surface area contributed by atoms with Gasteiger partial charge in [0.15, 0.2) is 0 Å². The molecule has 0 fully saturated rings. The summed E-state index contributed by atoms with van der Waals surface area (Å²) >= 11 is 0. The van der Waals surface area contributed by atoms with Gasteiger partial charge in [-0.25, -0.2) is 0 Å². The topological polar surface area (TPSA) is 113 Å². The van der Waals surface area contributed by atoms with Gasteiger partial charge in [-0.3, -0.25) is 24.0 Å². The monoisotopic (exact) mass is 374 g/mol. The molecular formula is C18H30O8. The normalized spacial score (nSPS) is 11.9. The third-order valence-electron chi connectivity index (χ3n) is 3.45. The molecule has 26 heavy (non-hydrogen) atoms. The van der Waals surface area contributed by atoms with Crippen molar-refractivity contribution in [1.29, 1.82) is 0 Å². The highest BCUT2D eigenvalue weighted by Gasteiger charge is 2.28. The Morgan fingerprint density at radius 1 is 0.769 bits per heavy atom. The van der Waals surface area contributed by atoms with Crippen LogP contribution in [-0.2, 0) is 38.2 Å². The summed E-state index contributed by atoms with van der Waals surface area (Å²) in [4.78, 5) is 55.0. The van der Waals surface area contributed by atoms with Gasteiger partial charge >= 0.3 is 17.9 Å². The summed E-state index contributed by atoms with van der Waals surface area (Å²) in [5, 5.41) is 0. The Morgan fingerprint density at radius 3 is 1.65 bits per heavy atom. The number of ketones is 2. The van der Waals surface area contributed by atoms with Crippen LogP contribution in [0.1, 0.15) is 53.9 Å². The molecule has 0 heterocycles. The molecule has 0 saturated carbocycles. The Labute approximate surface area is 154 Å². The fourth-order valence-electron chi connectivity index (χ4n) is 1.88. The van der Waals surface area contributed by atoms with E-state index in [-0.39, 0.29) is 49.5 Å². The second-order valence-electron chi connectivity index (χ2n) is 5.42. The Morgan fingerprint density at radius 2 is 1.31 bits per heavy atom. The summed E-state index contributed by atoms with van der Waals surface area (Å²) < 4.78 is 13.8. The first-order valence-electron chi connectivity index (χ1n) is 8.54. The van der Waals surface area contributed by atoms with E-state index in [9.17, 15) is 24.0 Å². The van der Waals surface area contributed by atoms with E-state index >= 15 is 0 Å². The van der Waals surface area contributed by atoms with Crippen LogP contribution in [0.2, 0.25) is 0 Å². The third kappa shape index (κ3) is 12.2. The SMILES string of the molecule is CCC(CC(=O)OC)C(C)=O.CCOC(=O)CC(C(C)=O)C(=O)OCC. The number of hydrogen-bond acceptors (Lipinski definition) is 8. The van der Waals surface area contributed by atoms with Crippen molar-refractivity contribution < 1.29 is 38.2 Å². The molecule has 0 aliphatic rings. The molecule has 0 aliphatic carbocycles. The van der Waals surface area contributed by atoms with Gasteiger partial charge in [-0.05, 0) is 34.1 Å². The van der Waals surface area contributed by atoms with Crippen molar-refractivity contribution in [3.8, 4) is 0 Å². The van der Waals surface area contributed by atoms with E-state index in [2.05, 4.69) is 14.2 Å². The van der Waals surface area contributed by atoms with Crippen molar-refractivity contribution in [2.75, 3.05) is 20.3 Å². The molecule has 8 heteroatoms. The predicted molar refractivity (Wildman–Crippen MR) is 93.1 cm³/mol. The molecule has 0 rings (SSSR count). The zero-order valence-electron chi connectivity index (χ0n) is 16.5. The summed E-state index contributed by atoms with van der Waals surface area (Å²) in [5.74, 6) is -3.08. The van der Waals surface area contributed by atoms with Gasteiger partial charge in [-0.2, -0.15) is 0 Å². The second-order valence-corrected chi connectivity index (χ2v) is 5.42. The molecule has 0 aromatic heterocycles. The first kappa shape index (κ1) is 26.0. The van der Waals surface area contributed by atoms with Crippen LogP contribution in [0.15, 0.2) is 0 Å². The van der Waals surface area contributed by atoms with Gasteiger partial charge in [0.1, 0.15) is 17.5 Å². The van der Waals surface area contributed by atoms with Gasteiger partial charge < -0.3 is 14.2 Å². The Hall–Kier alpha value is -2.25. The van der Waals surface area contributed by atoms with Crippen LogP contribution >= 0.6 is 0 Å². The van der Waals surface area contributed by atoms with Crippen LogP contribution < -0.4 is 0 Å². The van der Waals surface area contributed by atoms with E-state index in [4.69, 9.17) is 0 Å². The van der Waals surface area contributed by atoms with Crippen molar-refractivity contribution >= 4 is 29.5 Å². The number of carbonyl (C=O) groups is 5. The maximum Gasteiger partial charge on any atom is 0.317 e. The highest BCUT2D eigenvalue weighted by Crippen LogP contribution is 2.10. The lowest BCUT2D eigenvalue weighted by molar-refractivity contribution is -0.157. The molecule has 2 atom stereocenters. The standard InChI is InChI=1S/C10H16O5.C8H14O3/c1-4-14-9(12)6-8(7(3)11)10(13)15-5-2;1-4-7(6(2)9)5-8(10)11-3/h8H,4-6H2,1-3H3;7H,4-5H2,1-3H3. The summed E-state index contributed by atoms with van der Waals surface area (Å²) in [6.07, 6.45) is 0.661. The number of ether oxygens (including phenoxy) is 3. The zero-order chi connectivity index (χ0) is 20.7. The Bertz CT molecular complexity index is 484. The van der Waals surface area contributed by atoms with E-state index in [0.717, 1.165) is 0 Å². The maximum absolute atomic E-state index is 11.3. The fourth-order valence-corrected chi connectivity index (χ4v) is 1.88. The largest absolute Gasteiger partial charge is 0.469 e. The van der Waals surface area contributed by atoms with Crippen molar-refractivity contribution in [1.82, 2.24) is 0 Å². The fraction of sp³-hybridized carbons (Fsp3) is 0.722. The molecular weight excluding hydrogens is 344 g/mol. The molecule has 0 saturated heterocycles. The van der Waals surface area contributed by atoms with Crippen LogP contribution in [0.25, 0.3) is 0 Å². The van der Waals surface area contributed by atoms with Gasteiger partial charge in [0.2, 0.25) is 0 Å². The highest BCUT2D eigenvalue weighted by molar-refractivity contribution is 6.00. The lowest BCUT2D eigenvalue weighted by Gasteiger charge is -2.11. The van der Waals surface area contributed by atoms with Crippen molar-refractivity contribution in [3.63, 3.8) is 0 Å². The molecule has 0 aromatic carbocycles. The van der Waals surface area contributed by atoms with E-state index in [1.54, 1.807) is 13.8 Å². The number of carbonyl (C=O) groups excluding carboxylic acids is 5. The molecule has 0 bridgehead atoms. The molecule has 0 aromatic rings. The Kier molecular flexibility index (Phi) is 15.0. The lowest BCUT2D eigenvalue weighted by Crippen LogP contribution is -2.27. The van der Waals surface area contributed by atoms with Crippen LogP contribution in [0.3, 0.4) is 0 Å². The first-order chi connectivity index (χ1) is 12.1. The molecule has 150 valence electrons. The van der Waals surface area contributed by atoms with Gasteiger partial charge in [0.25, 0.3) is 0 Å². The number of hydrogen-bond donors (Lipinski definition) is 0. The molecule has 0 amide bonds. The van der Waals surface area contributed by atoms with Gasteiger partial charge in [-0.15, -0.1) is 0 Å². The van der Waals surface area contributed by atoms with Gasteiger partial charge in [0.05, 0.1) is 33.2 Å². The van der Waals surface area contributed by atoms with Crippen molar-refractivity contribution in [3.05, 3.63) is 0 Å². The van der Waals surface area contributed by atoms with Gasteiger partial charge in [0, 0.05) is 5.92 Å². The minimum absolute atomic E-state index is 0.0536. The quantitative estimate of drug-likeness (QED) is 0.323. The number of esters is 3. The van der Waals surface area contributed by atoms with Crippen LogP contribution in [0, 0.1) is 11.8 Å². The molecule has 0 aliphatic heterocycles. The first-order valence-corrected chi connectivity index (χ1v) is 8.54. The van der Waals surface area contributed by atoms with Crippen molar-refractivity contribution in [2.45, 2.75) is 53.9 Å². The Balaban J connectivity index is 0. The molecule has 0 radical (unpaired) electrons. The average molecular weight is 374 g/mol. The molecule has 2 unspecified atom stereocenters. The summed E-state index contributed by atoms with van der Waals surface area (Å²) in [5.41, 5.74) is 0. The van der Waals surface area contributed by atoms with Crippen molar-refractivity contribution in [2.24, 2.45) is 11.8 Å². The molecule has 0 N–H and O–H groups in total. The predicted octanol–water partition coefficient (Wildman–Crippen LogP) is 1.87. The van der Waals surface area contributed by atoms with Crippen LogP contribution in [0.4, 0.5) is 0 Å². The minimum Gasteiger partial charge on any atom is -0.469 e. The van der Waals surface area contributed by atoms with E-state index in [0.29, 0.717) is 6.42 Å². The highest BCUT2D eigenvalue weighted by atomic mass is 16.5. The summed E-state index contributed by atoms with van der Waals surface area (Å²) in [6, 6.07) is 0. The maximum atomic E-state index is 11.3. The smallest absolute Gasteiger partial charge is 0.317 e. The zero-order valence-corrected chi connectivity index (χ0v) is 16.5. The number of Topliss-reactive ketones (excluding diaryl/α,β-unsaturated/α-hetero) is 2. The lowest BCUT2D eigenvalue weighted by atomic mass is 9.99. The van der Waals surface area contributed by atoms with Crippen LogP contribution in [0.5, 0.6) is 0 Å². The van der Waals surface area contributed by atoms with Crippen LogP contribution in [-0.4, -0.2) is 49.8 Å². The van der Waals surface area contributed by atoms with E-state index in [1.807, 2.05) is 6.92 Å². The number of rotatable bonds is 10. The summed E-state index contributed by atoms with van der Waals surface area (Å²) in [7, 11) is 1.33. The number of methoxy groups -OCH3 is 1. The molecule has 0 spiro atoms. The summed E-state index contributed by atoms with van der Waals surface area (Å²) in [6.45, 7) is 8.34. The van der Waals surface area contributed by atoms with Gasteiger partial charge in [-0.1, -0.05) is 6.92 Å². The van der Waals surface area contributed by atoms with E-state index in [1.165, 1.54) is 21.0 Å².